The highest BCUT2D eigenvalue weighted by Crippen LogP contribution is 2.19. The Kier molecular flexibility index (Phi) is 7.10. The summed E-state index contributed by atoms with van der Waals surface area (Å²) in [7, 11) is -1.41. The highest BCUT2D eigenvalue weighted by molar-refractivity contribution is 6.89. The van der Waals surface area contributed by atoms with Crippen LogP contribution in [0.5, 0.6) is 5.75 Å². The zero-order valence-electron chi connectivity index (χ0n) is 17.4. The quantitative estimate of drug-likeness (QED) is 0.395. The minimum Gasteiger partial charge on any atom is -0.494 e. The molecule has 0 aliphatic carbocycles. The maximum absolute atomic E-state index is 5.58. The van der Waals surface area contributed by atoms with Gasteiger partial charge in [0.15, 0.2) is 0 Å². The molecule has 0 spiro atoms. The van der Waals surface area contributed by atoms with Gasteiger partial charge < -0.3 is 4.74 Å². The molecule has 28 heavy (non-hydrogen) atoms. The topological polar surface area (TPSA) is 9.23 Å². The first-order valence-electron chi connectivity index (χ1n) is 10.4. The zero-order valence-corrected chi connectivity index (χ0v) is 18.4. The van der Waals surface area contributed by atoms with Gasteiger partial charge in [0.05, 0.1) is 14.7 Å². The standard InChI is InChI=1S/C26H32OSi/c1-4-27-25-15-17-26(18-16-25)28(2,3)19-9-14-23-12-8-13-24(21-23)20-22-10-6-5-7-11-22/h5-8,10-13,15-18,21H,4,9,14,19-20H2,1-3H3. The molecular weight excluding hydrogens is 356 g/mol. The van der Waals surface area contributed by atoms with E-state index in [1.165, 1.54) is 34.3 Å². The first kappa shape index (κ1) is 20.4. The summed E-state index contributed by atoms with van der Waals surface area (Å²) in [5.41, 5.74) is 4.25. The maximum atomic E-state index is 5.58. The van der Waals surface area contributed by atoms with Crippen LogP contribution >= 0.6 is 0 Å². The Bertz CT molecular complexity index is 853. The van der Waals surface area contributed by atoms with Crippen molar-refractivity contribution >= 4 is 13.3 Å². The number of benzene rings is 3. The predicted molar refractivity (Wildman–Crippen MR) is 124 cm³/mol. The Labute approximate surface area is 171 Å². The van der Waals surface area contributed by atoms with Crippen molar-refractivity contribution in [2.75, 3.05) is 6.61 Å². The van der Waals surface area contributed by atoms with E-state index in [4.69, 9.17) is 4.74 Å². The van der Waals surface area contributed by atoms with Crippen molar-refractivity contribution in [3.63, 3.8) is 0 Å². The second kappa shape index (κ2) is 9.75. The average Bonchev–Trinajstić information content (AvgIpc) is 2.70. The number of hydrogen-bond acceptors (Lipinski definition) is 1. The van der Waals surface area contributed by atoms with Crippen molar-refractivity contribution in [1.82, 2.24) is 0 Å². The van der Waals surface area contributed by atoms with Crippen molar-refractivity contribution in [3.05, 3.63) is 95.6 Å². The maximum Gasteiger partial charge on any atom is 0.119 e. The van der Waals surface area contributed by atoms with Crippen LogP contribution in [0.3, 0.4) is 0 Å². The van der Waals surface area contributed by atoms with E-state index >= 15 is 0 Å². The molecule has 0 atom stereocenters. The minimum absolute atomic E-state index is 0.726. The van der Waals surface area contributed by atoms with Gasteiger partial charge >= 0.3 is 0 Å². The molecule has 0 bridgehead atoms. The van der Waals surface area contributed by atoms with Crippen LogP contribution < -0.4 is 9.92 Å². The van der Waals surface area contributed by atoms with Crippen LogP contribution in [-0.4, -0.2) is 14.7 Å². The van der Waals surface area contributed by atoms with E-state index in [9.17, 15) is 0 Å². The number of ether oxygens (including phenoxy) is 1. The van der Waals surface area contributed by atoms with Gasteiger partial charge in [-0.3, -0.25) is 0 Å². The van der Waals surface area contributed by atoms with Crippen LogP contribution in [-0.2, 0) is 12.8 Å². The summed E-state index contributed by atoms with van der Waals surface area (Å²) in [6.45, 7) is 7.72. The van der Waals surface area contributed by atoms with Crippen LogP contribution in [0.2, 0.25) is 19.1 Å². The van der Waals surface area contributed by atoms with Crippen LogP contribution in [0, 0.1) is 0 Å². The van der Waals surface area contributed by atoms with Gasteiger partial charge in [0.25, 0.3) is 0 Å². The molecule has 3 aromatic carbocycles. The molecule has 3 rings (SSSR count). The lowest BCUT2D eigenvalue weighted by molar-refractivity contribution is 0.340. The molecule has 1 nitrogen and oxygen atoms in total. The van der Waals surface area contributed by atoms with Gasteiger partial charge in [0.2, 0.25) is 0 Å². The second-order valence-electron chi connectivity index (χ2n) is 8.18. The molecule has 0 aliphatic rings. The average molecular weight is 389 g/mol. The monoisotopic (exact) mass is 388 g/mol. The van der Waals surface area contributed by atoms with E-state index in [0.29, 0.717) is 0 Å². The molecule has 0 fully saturated rings. The van der Waals surface area contributed by atoms with Crippen molar-refractivity contribution in [1.29, 1.82) is 0 Å². The largest absolute Gasteiger partial charge is 0.494 e. The third kappa shape index (κ3) is 5.84. The van der Waals surface area contributed by atoms with Crippen LogP contribution in [0.15, 0.2) is 78.9 Å². The van der Waals surface area contributed by atoms with E-state index in [2.05, 4.69) is 92.0 Å². The predicted octanol–water partition coefficient (Wildman–Crippen LogP) is 6.22. The third-order valence-electron chi connectivity index (χ3n) is 5.46. The van der Waals surface area contributed by atoms with Gasteiger partial charge in [-0.1, -0.05) is 97.5 Å². The summed E-state index contributed by atoms with van der Waals surface area (Å²) in [6, 6.07) is 30.0. The molecule has 0 aliphatic heterocycles. The van der Waals surface area contributed by atoms with Gasteiger partial charge in [0, 0.05) is 0 Å². The first-order valence-corrected chi connectivity index (χ1v) is 13.6. The summed E-state index contributed by atoms with van der Waals surface area (Å²) < 4.78 is 5.58. The molecule has 0 N–H and O–H groups in total. The zero-order chi connectivity index (χ0) is 19.8. The number of rotatable bonds is 9. The Hall–Kier alpha value is -2.32. The lowest BCUT2D eigenvalue weighted by atomic mass is 10.0. The number of aryl methyl sites for hydroxylation is 1. The Morgan fingerprint density at radius 1 is 0.750 bits per heavy atom. The van der Waals surface area contributed by atoms with Gasteiger partial charge in [-0.25, -0.2) is 0 Å². The highest BCUT2D eigenvalue weighted by Gasteiger charge is 2.22. The molecule has 0 saturated carbocycles. The molecule has 0 unspecified atom stereocenters. The van der Waals surface area contributed by atoms with Crippen molar-refractivity contribution in [2.24, 2.45) is 0 Å². The molecule has 0 heterocycles. The van der Waals surface area contributed by atoms with Gasteiger partial charge in [-0.2, -0.15) is 0 Å². The molecule has 0 aromatic heterocycles. The van der Waals surface area contributed by atoms with Crippen molar-refractivity contribution in [3.8, 4) is 5.75 Å². The minimum atomic E-state index is -1.41. The second-order valence-corrected chi connectivity index (χ2v) is 13.0. The Balaban J connectivity index is 1.55. The Morgan fingerprint density at radius 2 is 1.43 bits per heavy atom. The molecule has 3 aromatic rings. The van der Waals surface area contributed by atoms with Gasteiger partial charge in [-0.15, -0.1) is 0 Å². The fourth-order valence-corrected chi connectivity index (χ4v) is 6.19. The van der Waals surface area contributed by atoms with Gasteiger partial charge in [0.1, 0.15) is 5.75 Å². The molecule has 2 heteroatoms. The summed E-state index contributed by atoms with van der Waals surface area (Å²) in [6.07, 6.45) is 3.43. The SMILES string of the molecule is CCOc1ccc([Si](C)(C)CCCc2cccc(Cc3ccccc3)c2)cc1. The van der Waals surface area contributed by atoms with Crippen molar-refractivity contribution < 1.29 is 4.74 Å². The summed E-state index contributed by atoms with van der Waals surface area (Å²) in [5, 5.41) is 1.52. The smallest absolute Gasteiger partial charge is 0.119 e. The number of hydrogen-bond donors (Lipinski definition) is 0. The lowest BCUT2D eigenvalue weighted by Crippen LogP contribution is -2.41. The van der Waals surface area contributed by atoms with E-state index < -0.39 is 8.07 Å². The molecule has 0 saturated heterocycles. The fourth-order valence-electron chi connectivity index (χ4n) is 3.77. The highest BCUT2D eigenvalue weighted by atomic mass is 28.3. The van der Waals surface area contributed by atoms with E-state index in [-0.39, 0.29) is 0 Å². The van der Waals surface area contributed by atoms with E-state index in [0.717, 1.165) is 25.2 Å². The summed E-state index contributed by atoms with van der Waals surface area (Å²) >= 11 is 0. The third-order valence-corrected chi connectivity index (χ3v) is 8.96. The first-order chi connectivity index (χ1) is 13.6. The molecule has 0 radical (unpaired) electrons. The Morgan fingerprint density at radius 3 is 2.14 bits per heavy atom. The van der Waals surface area contributed by atoms with Crippen LogP contribution in [0.25, 0.3) is 0 Å². The molecular formula is C26H32OSi. The summed E-state index contributed by atoms with van der Waals surface area (Å²) in [4.78, 5) is 0. The molecule has 146 valence electrons. The normalized spacial score (nSPS) is 11.4. The van der Waals surface area contributed by atoms with E-state index in [1.54, 1.807) is 0 Å². The van der Waals surface area contributed by atoms with Gasteiger partial charge in [-0.05, 0) is 48.6 Å². The van der Waals surface area contributed by atoms with Crippen LogP contribution in [0.4, 0.5) is 0 Å². The van der Waals surface area contributed by atoms with Crippen LogP contribution in [0.1, 0.15) is 30.0 Å². The van der Waals surface area contributed by atoms with Crippen molar-refractivity contribution in [2.45, 2.75) is 45.3 Å². The molecule has 0 amide bonds. The van der Waals surface area contributed by atoms with E-state index in [1.807, 2.05) is 6.92 Å². The summed E-state index contributed by atoms with van der Waals surface area (Å²) in [5.74, 6) is 0.978. The fraction of sp³-hybridized carbons (Fsp3) is 0.308. The lowest BCUT2D eigenvalue weighted by Gasteiger charge is -2.23.